The summed E-state index contributed by atoms with van der Waals surface area (Å²) < 4.78 is 17.7. The van der Waals surface area contributed by atoms with Gasteiger partial charge >= 0.3 is 5.97 Å². The number of methoxy groups -OCH3 is 1. The Labute approximate surface area is 151 Å². The second-order valence-electron chi connectivity index (χ2n) is 10.3. The van der Waals surface area contributed by atoms with E-state index in [2.05, 4.69) is 20.8 Å². The van der Waals surface area contributed by atoms with Crippen LogP contribution in [0.2, 0.25) is 0 Å². The van der Waals surface area contributed by atoms with Crippen LogP contribution in [-0.4, -0.2) is 25.7 Å². The third-order valence-electron chi connectivity index (χ3n) is 9.15. The van der Waals surface area contributed by atoms with E-state index < -0.39 is 0 Å². The SMILES string of the molecule is CO[C@@H]1OC2OC(=O)C3CCC4C1(CC[C@H]1C(C)(C)CCC[C@]41C)[C@H]23. The number of carbonyl (C=O) groups is 1. The third-order valence-corrected chi connectivity index (χ3v) is 9.15. The summed E-state index contributed by atoms with van der Waals surface area (Å²) in [6.45, 7) is 7.49. The Balaban J connectivity index is 1.62. The smallest absolute Gasteiger partial charge is 0.311 e. The van der Waals surface area contributed by atoms with Gasteiger partial charge in [0.15, 0.2) is 6.29 Å². The van der Waals surface area contributed by atoms with Crippen LogP contribution in [-0.2, 0) is 19.0 Å². The molecule has 140 valence electrons. The molecular formula is C21H32O4. The molecule has 4 unspecified atom stereocenters. The first-order valence-corrected chi connectivity index (χ1v) is 10.2. The number of fused-ring (bicyclic) bond motifs is 2. The summed E-state index contributed by atoms with van der Waals surface area (Å²) >= 11 is 0. The number of esters is 1. The van der Waals surface area contributed by atoms with Crippen molar-refractivity contribution < 1.29 is 19.0 Å². The molecule has 5 rings (SSSR count). The second-order valence-corrected chi connectivity index (χ2v) is 10.3. The fourth-order valence-corrected chi connectivity index (χ4v) is 8.44. The van der Waals surface area contributed by atoms with Gasteiger partial charge in [0, 0.05) is 18.4 Å². The molecule has 25 heavy (non-hydrogen) atoms. The third kappa shape index (κ3) is 1.83. The summed E-state index contributed by atoms with van der Waals surface area (Å²) in [5, 5.41) is 0. The number of hydrogen-bond donors (Lipinski definition) is 0. The average Bonchev–Trinajstić information content (AvgIpc) is 3.04. The molecule has 8 atom stereocenters. The molecule has 0 aromatic heterocycles. The summed E-state index contributed by atoms with van der Waals surface area (Å²) in [6.07, 6.45) is 7.81. The summed E-state index contributed by atoms with van der Waals surface area (Å²) in [5.41, 5.74) is 0.702. The van der Waals surface area contributed by atoms with E-state index in [1.807, 2.05) is 0 Å². The second kappa shape index (κ2) is 5.01. The molecular weight excluding hydrogens is 316 g/mol. The van der Waals surface area contributed by atoms with Crippen molar-refractivity contribution in [1.82, 2.24) is 0 Å². The van der Waals surface area contributed by atoms with Crippen LogP contribution in [0.15, 0.2) is 0 Å². The average molecular weight is 348 g/mol. The van der Waals surface area contributed by atoms with Crippen LogP contribution in [0.25, 0.3) is 0 Å². The molecule has 0 aromatic carbocycles. The molecule has 4 heteroatoms. The van der Waals surface area contributed by atoms with Crippen molar-refractivity contribution in [2.24, 2.45) is 39.9 Å². The van der Waals surface area contributed by atoms with Gasteiger partial charge < -0.3 is 14.2 Å². The van der Waals surface area contributed by atoms with Gasteiger partial charge in [-0.15, -0.1) is 0 Å². The standard InChI is InChI=1S/C21H32O4/c1-19(2)9-5-10-20(3)13(19)8-11-21-14(20)7-6-12-15(21)17(24-16(12)22)25-18(21)23-4/h12-15,17-18H,5-11H2,1-4H3/t12?,13-,14?,15-,17?,18+,20-,21?/m0/s1. The van der Waals surface area contributed by atoms with Crippen molar-refractivity contribution >= 4 is 5.97 Å². The van der Waals surface area contributed by atoms with E-state index in [4.69, 9.17) is 14.2 Å². The summed E-state index contributed by atoms with van der Waals surface area (Å²) in [6, 6.07) is 0. The Hall–Kier alpha value is -0.610. The molecule has 4 nitrogen and oxygen atoms in total. The number of ether oxygens (including phenoxy) is 3. The van der Waals surface area contributed by atoms with Gasteiger partial charge in [-0.2, -0.15) is 0 Å². The molecule has 1 spiro atoms. The highest BCUT2D eigenvalue weighted by Crippen LogP contribution is 2.73. The Morgan fingerprint density at radius 1 is 1.04 bits per heavy atom. The van der Waals surface area contributed by atoms with E-state index in [9.17, 15) is 4.79 Å². The zero-order valence-electron chi connectivity index (χ0n) is 16.0. The largest absolute Gasteiger partial charge is 0.435 e. The molecule has 2 heterocycles. The normalized spacial score (nSPS) is 55.9. The van der Waals surface area contributed by atoms with E-state index in [0.717, 1.165) is 25.2 Å². The van der Waals surface area contributed by atoms with Crippen molar-refractivity contribution in [1.29, 1.82) is 0 Å². The first-order valence-electron chi connectivity index (χ1n) is 10.2. The van der Waals surface area contributed by atoms with Gasteiger partial charge in [-0.1, -0.05) is 27.2 Å². The van der Waals surface area contributed by atoms with Crippen LogP contribution >= 0.6 is 0 Å². The van der Waals surface area contributed by atoms with Crippen molar-refractivity contribution in [3.8, 4) is 0 Å². The van der Waals surface area contributed by atoms with Gasteiger partial charge in [0.25, 0.3) is 0 Å². The summed E-state index contributed by atoms with van der Waals surface area (Å²) in [4.78, 5) is 12.4. The van der Waals surface area contributed by atoms with Crippen molar-refractivity contribution in [3.63, 3.8) is 0 Å². The molecule has 5 aliphatic rings. The Morgan fingerprint density at radius 2 is 1.84 bits per heavy atom. The predicted octanol–water partition coefficient (Wildman–Crippen LogP) is 4.13. The van der Waals surface area contributed by atoms with Crippen LogP contribution in [0.1, 0.15) is 65.7 Å². The lowest BCUT2D eigenvalue weighted by Crippen LogP contribution is -2.62. The lowest BCUT2D eigenvalue weighted by Gasteiger charge is -2.65. The molecule has 0 N–H and O–H groups in total. The minimum atomic E-state index is -0.373. The molecule has 2 aliphatic heterocycles. The monoisotopic (exact) mass is 348 g/mol. The van der Waals surface area contributed by atoms with E-state index in [0.29, 0.717) is 16.7 Å². The predicted molar refractivity (Wildman–Crippen MR) is 92.4 cm³/mol. The quantitative estimate of drug-likeness (QED) is 0.669. The summed E-state index contributed by atoms with van der Waals surface area (Å²) in [7, 11) is 1.77. The molecule has 0 radical (unpaired) electrons. The number of carbonyl (C=O) groups excluding carboxylic acids is 1. The van der Waals surface area contributed by atoms with Crippen LogP contribution in [0.3, 0.4) is 0 Å². The van der Waals surface area contributed by atoms with Crippen LogP contribution in [0.5, 0.6) is 0 Å². The minimum Gasteiger partial charge on any atom is -0.435 e. The fourth-order valence-electron chi connectivity index (χ4n) is 8.44. The molecule has 0 aromatic rings. The van der Waals surface area contributed by atoms with Gasteiger partial charge in [0.1, 0.15) is 0 Å². The van der Waals surface area contributed by atoms with E-state index in [1.54, 1.807) is 7.11 Å². The number of hydrogen-bond acceptors (Lipinski definition) is 4. The maximum atomic E-state index is 12.4. The number of rotatable bonds is 1. The Morgan fingerprint density at radius 3 is 2.60 bits per heavy atom. The van der Waals surface area contributed by atoms with Crippen molar-refractivity contribution in [2.75, 3.05) is 7.11 Å². The maximum Gasteiger partial charge on any atom is 0.311 e. The maximum absolute atomic E-state index is 12.4. The fraction of sp³-hybridized carbons (Fsp3) is 0.952. The summed E-state index contributed by atoms with van der Waals surface area (Å²) in [5.74, 6) is 1.53. The molecule has 3 saturated carbocycles. The minimum absolute atomic E-state index is 0.0261. The molecule has 2 saturated heterocycles. The van der Waals surface area contributed by atoms with Crippen LogP contribution in [0.4, 0.5) is 0 Å². The van der Waals surface area contributed by atoms with Gasteiger partial charge in [-0.3, -0.25) is 4.79 Å². The molecule has 0 bridgehead atoms. The molecule has 0 amide bonds. The van der Waals surface area contributed by atoms with Crippen molar-refractivity contribution in [2.45, 2.75) is 78.3 Å². The van der Waals surface area contributed by atoms with E-state index in [1.165, 1.54) is 25.7 Å². The lowest BCUT2D eigenvalue weighted by molar-refractivity contribution is -0.250. The van der Waals surface area contributed by atoms with E-state index in [-0.39, 0.29) is 35.8 Å². The van der Waals surface area contributed by atoms with Crippen LogP contribution < -0.4 is 0 Å². The molecule has 5 fully saturated rings. The first-order chi connectivity index (χ1) is 11.8. The zero-order chi connectivity index (χ0) is 17.6. The topological polar surface area (TPSA) is 44.8 Å². The Bertz CT molecular complexity index is 601. The lowest BCUT2D eigenvalue weighted by atomic mass is 9.38. The van der Waals surface area contributed by atoms with Crippen molar-refractivity contribution in [3.05, 3.63) is 0 Å². The highest BCUT2D eigenvalue weighted by molar-refractivity contribution is 5.75. The first kappa shape index (κ1) is 16.6. The zero-order valence-corrected chi connectivity index (χ0v) is 16.0. The highest BCUT2D eigenvalue weighted by atomic mass is 16.8. The highest BCUT2D eigenvalue weighted by Gasteiger charge is 2.74. The van der Waals surface area contributed by atoms with Gasteiger partial charge in [-0.05, 0) is 61.2 Å². The van der Waals surface area contributed by atoms with E-state index >= 15 is 0 Å². The van der Waals surface area contributed by atoms with Crippen LogP contribution in [0, 0.1) is 39.9 Å². The molecule has 3 aliphatic carbocycles. The van der Waals surface area contributed by atoms with Gasteiger partial charge in [-0.25, -0.2) is 0 Å². The van der Waals surface area contributed by atoms with Gasteiger partial charge in [0.05, 0.1) is 5.92 Å². The Kier molecular flexibility index (Phi) is 3.32. The van der Waals surface area contributed by atoms with Gasteiger partial charge in [0.2, 0.25) is 6.29 Å².